The molecule has 1 N–H and O–H groups in total. The number of rotatable bonds is 5. The summed E-state index contributed by atoms with van der Waals surface area (Å²) in [5, 5.41) is 0. The van der Waals surface area contributed by atoms with Crippen LogP contribution in [0.4, 0.5) is 5.95 Å². The summed E-state index contributed by atoms with van der Waals surface area (Å²) >= 11 is 0. The number of hydrogen-bond acceptors (Lipinski definition) is 7. The van der Waals surface area contributed by atoms with Gasteiger partial charge in [0.2, 0.25) is 21.9 Å². The molecule has 1 aromatic heterocycles. The van der Waals surface area contributed by atoms with E-state index in [1.165, 1.54) is 0 Å². The molecule has 10 heteroatoms. The van der Waals surface area contributed by atoms with Crippen LogP contribution in [-0.2, 0) is 32.5 Å². The van der Waals surface area contributed by atoms with Crippen LogP contribution in [0.1, 0.15) is 48.9 Å². The van der Waals surface area contributed by atoms with Crippen LogP contribution in [0.5, 0.6) is 0 Å². The Hall–Kier alpha value is -2.56. The third kappa shape index (κ3) is 5.05. The van der Waals surface area contributed by atoms with E-state index >= 15 is 0 Å². The molecule has 35 heavy (non-hydrogen) atoms. The Bertz CT molecular complexity index is 1190. The molecule has 188 valence electrons. The summed E-state index contributed by atoms with van der Waals surface area (Å²) < 4.78 is 35.0. The van der Waals surface area contributed by atoms with Gasteiger partial charge in [0.15, 0.2) is 0 Å². The van der Waals surface area contributed by atoms with E-state index in [2.05, 4.69) is 14.6 Å². The number of aromatic nitrogens is 2. The highest BCUT2D eigenvalue weighted by Crippen LogP contribution is 2.33. The fourth-order valence-corrected chi connectivity index (χ4v) is 6.82. The summed E-state index contributed by atoms with van der Waals surface area (Å²) in [4.78, 5) is 27.4. The number of ether oxygens (including phenoxy) is 1. The van der Waals surface area contributed by atoms with Gasteiger partial charge in [0.25, 0.3) is 0 Å². The zero-order chi connectivity index (χ0) is 24.5. The van der Waals surface area contributed by atoms with Crippen LogP contribution in [0.2, 0.25) is 0 Å². The van der Waals surface area contributed by atoms with E-state index in [4.69, 9.17) is 9.72 Å². The van der Waals surface area contributed by atoms with E-state index < -0.39 is 15.6 Å². The van der Waals surface area contributed by atoms with Crippen molar-refractivity contribution in [3.63, 3.8) is 0 Å². The molecule has 1 saturated carbocycles. The van der Waals surface area contributed by atoms with Gasteiger partial charge >= 0.3 is 0 Å². The third-order valence-electron chi connectivity index (χ3n) is 7.26. The first kappa shape index (κ1) is 24.1. The van der Waals surface area contributed by atoms with Crippen LogP contribution in [0.3, 0.4) is 0 Å². The number of carbonyl (C=O) groups excluding carboxylic acids is 1. The van der Waals surface area contributed by atoms with Gasteiger partial charge < -0.3 is 14.5 Å². The molecule has 3 aliphatic rings. The third-order valence-corrected chi connectivity index (χ3v) is 8.79. The summed E-state index contributed by atoms with van der Waals surface area (Å²) in [6, 6.07) is 6.81. The van der Waals surface area contributed by atoms with Crippen molar-refractivity contribution in [2.24, 2.45) is 0 Å². The minimum Gasteiger partial charge on any atom is -0.378 e. The maximum Gasteiger partial charge on any atom is 0.244 e. The van der Waals surface area contributed by atoms with Crippen LogP contribution in [-0.4, -0.2) is 67.6 Å². The molecule has 0 unspecified atom stereocenters. The van der Waals surface area contributed by atoms with Crippen molar-refractivity contribution >= 4 is 21.9 Å². The van der Waals surface area contributed by atoms with Crippen LogP contribution in [0, 0.1) is 6.92 Å². The maximum absolute atomic E-state index is 14.0. The fraction of sp³-hybridized carbons (Fsp3) is 0.560. The van der Waals surface area contributed by atoms with E-state index in [0.29, 0.717) is 51.5 Å². The molecule has 5 rings (SSSR count). The van der Waals surface area contributed by atoms with Crippen molar-refractivity contribution in [2.75, 3.05) is 37.7 Å². The molecule has 3 heterocycles. The SMILES string of the molecule is Cc1cccc(S(=O)(=O)NC2(C(=O)N3CCc4cnc(N5CCOCC5)nc4C3)CCCCC2)c1. The van der Waals surface area contributed by atoms with Crippen molar-refractivity contribution in [2.45, 2.75) is 62.4 Å². The first-order valence-electron chi connectivity index (χ1n) is 12.4. The number of benzene rings is 1. The molecule has 0 atom stereocenters. The van der Waals surface area contributed by atoms with Crippen LogP contribution < -0.4 is 9.62 Å². The number of sulfonamides is 1. The molecule has 0 spiro atoms. The number of aryl methyl sites for hydroxylation is 1. The summed E-state index contributed by atoms with van der Waals surface area (Å²) in [6.45, 7) is 5.53. The topological polar surface area (TPSA) is 105 Å². The van der Waals surface area contributed by atoms with Gasteiger partial charge in [-0.25, -0.2) is 18.4 Å². The van der Waals surface area contributed by atoms with Crippen LogP contribution >= 0.6 is 0 Å². The van der Waals surface area contributed by atoms with E-state index in [1.54, 1.807) is 23.1 Å². The van der Waals surface area contributed by atoms with E-state index in [-0.39, 0.29) is 10.8 Å². The molecule has 0 radical (unpaired) electrons. The first-order chi connectivity index (χ1) is 16.9. The molecule has 0 bridgehead atoms. The normalized spacial score (nSPS) is 20.4. The number of fused-ring (bicyclic) bond motifs is 1. The Labute approximate surface area is 206 Å². The van der Waals surface area contributed by atoms with Gasteiger partial charge in [-0.2, -0.15) is 4.72 Å². The number of hydrogen-bond donors (Lipinski definition) is 1. The van der Waals surface area contributed by atoms with Crippen molar-refractivity contribution in [1.82, 2.24) is 19.6 Å². The number of nitrogens with one attached hydrogen (secondary N) is 1. The monoisotopic (exact) mass is 499 g/mol. The Morgan fingerprint density at radius 3 is 2.63 bits per heavy atom. The fourth-order valence-electron chi connectivity index (χ4n) is 5.30. The maximum atomic E-state index is 14.0. The molecule has 2 fully saturated rings. The lowest BCUT2D eigenvalue weighted by Gasteiger charge is -2.41. The lowest BCUT2D eigenvalue weighted by atomic mass is 9.81. The second-order valence-corrected chi connectivity index (χ2v) is 11.5. The predicted molar refractivity (Wildman–Crippen MR) is 132 cm³/mol. The smallest absolute Gasteiger partial charge is 0.244 e. The molecule has 1 amide bonds. The van der Waals surface area contributed by atoms with E-state index in [0.717, 1.165) is 49.2 Å². The van der Waals surface area contributed by atoms with Crippen molar-refractivity contribution in [1.29, 1.82) is 0 Å². The molecule has 9 nitrogen and oxygen atoms in total. The average Bonchev–Trinajstić information content (AvgIpc) is 2.88. The number of anilines is 1. The Kier molecular flexibility index (Phi) is 6.78. The quantitative estimate of drug-likeness (QED) is 0.672. The number of amides is 1. The Morgan fingerprint density at radius 2 is 1.89 bits per heavy atom. The van der Waals surface area contributed by atoms with Gasteiger partial charge in [0, 0.05) is 25.8 Å². The number of nitrogens with zero attached hydrogens (tertiary/aromatic N) is 4. The minimum absolute atomic E-state index is 0.148. The summed E-state index contributed by atoms with van der Waals surface area (Å²) in [5.41, 5.74) is 1.62. The molecule has 2 aromatic rings. The Balaban J connectivity index is 1.39. The van der Waals surface area contributed by atoms with Gasteiger partial charge in [-0.3, -0.25) is 4.79 Å². The highest BCUT2D eigenvalue weighted by molar-refractivity contribution is 7.89. The zero-order valence-corrected chi connectivity index (χ0v) is 21.0. The van der Waals surface area contributed by atoms with Gasteiger partial charge in [-0.05, 0) is 49.4 Å². The van der Waals surface area contributed by atoms with Crippen molar-refractivity contribution in [3.8, 4) is 0 Å². The molecule has 2 aliphatic heterocycles. The Morgan fingerprint density at radius 1 is 1.11 bits per heavy atom. The van der Waals surface area contributed by atoms with Gasteiger partial charge in [-0.1, -0.05) is 31.4 Å². The second-order valence-electron chi connectivity index (χ2n) is 9.78. The molecule has 1 saturated heterocycles. The minimum atomic E-state index is -3.85. The molecule has 1 aliphatic carbocycles. The average molecular weight is 500 g/mol. The van der Waals surface area contributed by atoms with Crippen LogP contribution in [0.25, 0.3) is 0 Å². The van der Waals surface area contributed by atoms with E-state index in [9.17, 15) is 13.2 Å². The molecular weight excluding hydrogens is 466 g/mol. The standard InChI is InChI=1S/C25H33N5O4S/c1-19-6-5-7-21(16-19)35(32,33)28-25(9-3-2-4-10-25)23(31)30-11-8-20-17-26-24(27-22(20)18-30)29-12-14-34-15-13-29/h5-7,16-17,28H,2-4,8-15,18H2,1H3. The number of carbonyl (C=O) groups is 1. The van der Waals surface area contributed by atoms with Crippen molar-refractivity contribution in [3.05, 3.63) is 47.3 Å². The van der Waals surface area contributed by atoms with Gasteiger partial charge in [-0.15, -0.1) is 0 Å². The highest BCUT2D eigenvalue weighted by Gasteiger charge is 2.46. The lowest BCUT2D eigenvalue weighted by Crippen LogP contribution is -2.61. The van der Waals surface area contributed by atoms with Gasteiger partial charge in [0.1, 0.15) is 5.54 Å². The first-order valence-corrected chi connectivity index (χ1v) is 13.9. The summed E-state index contributed by atoms with van der Waals surface area (Å²) in [5.74, 6) is 0.513. The zero-order valence-electron chi connectivity index (χ0n) is 20.2. The summed E-state index contributed by atoms with van der Waals surface area (Å²) in [7, 11) is -3.85. The largest absolute Gasteiger partial charge is 0.378 e. The molecular formula is C25H33N5O4S. The number of morpholine rings is 1. The second kappa shape index (κ2) is 9.83. The summed E-state index contributed by atoms with van der Waals surface area (Å²) in [6.07, 6.45) is 6.16. The molecule has 1 aromatic carbocycles. The predicted octanol–water partition coefficient (Wildman–Crippen LogP) is 2.19. The van der Waals surface area contributed by atoms with E-state index in [1.807, 2.05) is 19.2 Å². The van der Waals surface area contributed by atoms with Gasteiger partial charge in [0.05, 0.1) is 30.3 Å². The highest BCUT2D eigenvalue weighted by atomic mass is 32.2. The van der Waals surface area contributed by atoms with Crippen LogP contribution in [0.15, 0.2) is 35.4 Å². The lowest BCUT2D eigenvalue weighted by molar-refractivity contribution is -0.140. The van der Waals surface area contributed by atoms with Crippen molar-refractivity contribution < 1.29 is 17.9 Å².